The van der Waals surface area contributed by atoms with Crippen molar-refractivity contribution in [3.05, 3.63) is 47.5 Å². The van der Waals surface area contributed by atoms with Gasteiger partial charge < -0.3 is 10.0 Å². The van der Waals surface area contributed by atoms with Gasteiger partial charge in [0.2, 0.25) is 0 Å². The standard InChI is InChI=1S/C16H12BrClN2O5/c1-7(6-17)10(16(24)25)19-12(18)11(15(19)23)20-13(21)8-4-2-3-5-9(8)14(20)22/h2-5,10-12H,1,6H2,(H,24,25)/t10-,11+,12-/m0/s1. The van der Waals surface area contributed by atoms with Crippen LogP contribution in [0.3, 0.4) is 0 Å². The van der Waals surface area contributed by atoms with Crippen LogP contribution in [0, 0.1) is 0 Å². The Morgan fingerprint density at radius 3 is 2.16 bits per heavy atom. The Bertz CT molecular complexity index is 791. The summed E-state index contributed by atoms with van der Waals surface area (Å²) >= 11 is 9.31. The zero-order valence-corrected chi connectivity index (χ0v) is 15.0. The maximum absolute atomic E-state index is 12.5. The fraction of sp³-hybridized carbons (Fsp3) is 0.250. The zero-order chi connectivity index (χ0) is 18.5. The minimum Gasteiger partial charge on any atom is -0.479 e. The van der Waals surface area contributed by atoms with Crippen molar-refractivity contribution in [2.24, 2.45) is 0 Å². The number of nitrogens with zero attached hydrogens (tertiary/aromatic N) is 2. The molecule has 7 nitrogen and oxygen atoms in total. The number of aliphatic carboxylic acids is 1. The number of hydrogen-bond acceptors (Lipinski definition) is 4. The highest BCUT2D eigenvalue weighted by atomic mass is 79.9. The number of carboxylic acid groups (broad SMARTS) is 1. The van der Waals surface area contributed by atoms with E-state index in [9.17, 15) is 24.3 Å². The van der Waals surface area contributed by atoms with Gasteiger partial charge in [-0.05, 0) is 17.7 Å². The molecule has 2 heterocycles. The molecular weight excluding hydrogens is 416 g/mol. The molecule has 1 saturated heterocycles. The number of carbonyl (C=O) groups excluding carboxylic acids is 3. The zero-order valence-electron chi connectivity index (χ0n) is 12.7. The molecule has 0 unspecified atom stereocenters. The lowest BCUT2D eigenvalue weighted by Crippen LogP contribution is -2.73. The number of alkyl halides is 2. The van der Waals surface area contributed by atoms with E-state index in [-0.39, 0.29) is 22.0 Å². The average molecular weight is 428 g/mol. The lowest BCUT2D eigenvalue weighted by atomic mass is 9.98. The molecule has 9 heteroatoms. The first-order valence-corrected chi connectivity index (χ1v) is 8.76. The Morgan fingerprint density at radius 1 is 1.24 bits per heavy atom. The molecule has 0 aromatic heterocycles. The summed E-state index contributed by atoms with van der Waals surface area (Å²) in [6, 6.07) is 3.64. The largest absolute Gasteiger partial charge is 0.479 e. The van der Waals surface area contributed by atoms with E-state index < -0.39 is 41.3 Å². The number of amides is 3. The molecule has 1 N–H and O–H groups in total. The molecule has 0 radical (unpaired) electrons. The maximum Gasteiger partial charge on any atom is 0.330 e. The fourth-order valence-corrected chi connectivity index (χ4v) is 3.72. The topological polar surface area (TPSA) is 95.0 Å². The van der Waals surface area contributed by atoms with Crippen LogP contribution in [0.5, 0.6) is 0 Å². The molecule has 130 valence electrons. The van der Waals surface area contributed by atoms with E-state index in [1.54, 1.807) is 12.1 Å². The molecule has 0 bridgehead atoms. The summed E-state index contributed by atoms with van der Waals surface area (Å²) in [5.74, 6) is -3.22. The van der Waals surface area contributed by atoms with Gasteiger partial charge in [0.15, 0.2) is 12.1 Å². The third-order valence-corrected chi connectivity index (χ3v) is 5.38. The predicted octanol–water partition coefficient (Wildman–Crippen LogP) is 1.46. The fourth-order valence-electron chi connectivity index (χ4n) is 2.99. The number of halogens is 2. The van der Waals surface area contributed by atoms with Gasteiger partial charge in [-0.25, -0.2) is 4.79 Å². The summed E-state index contributed by atoms with van der Waals surface area (Å²) in [7, 11) is 0. The molecule has 1 aromatic rings. The highest BCUT2D eigenvalue weighted by Crippen LogP contribution is 2.37. The van der Waals surface area contributed by atoms with Crippen molar-refractivity contribution < 1.29 is 24.3 Å². The molecule has 0 saturated carbocycles. The van der Waals surface area contributed by atoms with Crippen LogP contribution in [0.2, 0.25) is 0 Å². The maximum atomic E-state index is 12.5. The van der Waals surface area contributed by atoms with E-state index in [0.29, 0.717) is 0 Å². The van der Waals surface area contributed by atoms with Crippen molar-refractivity contribution >= 4 is 51.2 Å². The van der Waals surface area contributed by atoms with Crippen molar-refractivity contribution in [2.75, 3.05) is 5.33 Å². The normalized spacial score (nSPS) is 23.4. The molecule has 0 aliphatic carbocycles. The summed E-state index contributed by atoms with van der Waals surface area (Å²) in [5, 5.41) is 9.52. The van der Waals surface area contributed by atoms with Crippen LogP contribution in [-0.4, -0.2) is 61.5 Å². The highest BCUT2D eigenvalue weighted by Gasteiger charge is 2.58. The van der Waals surface area contributed by atoms with Crippen LogP contribution < -0.4 is 0 Å². The number of carbonyl (C=O) groups is 4. The Hall–Kier alpha value is -2.19. The Labute approximate surface area is 156 Å². The SMILES string of the molecule is C=C(CBr)[C@@H](C(=O)O)N1C(=O)[C@H](N2C(=O)c3ccccc3C2=O)[C@H]1Cl. The number of imide groups is 1. The monoisotopic (exact) mass is 426 g/mol. The van der Waals surface area contributed by atoms with Crippen LogP contribution in [0.25, 0.3) is 0 Å². The van der Waals surface area contributed by atoms with E-state index in [0.717, 1.165) is 9.80 Å². The molecule has 2 aliphatic rings. The second-order valence-electron chi connectivity index (χ2n) is 5.62. The Morgan fingerprint density at radius 2 is 1.76 bits per heavy atom. The van der Waals surface area contributed by atoms with Gasteiger partial charge in [0, 0.05) is 5.33 Å². The van der Waals surface area contributed by atoms with Gasteiger partial charge in [0.1, 0.15) is 5.50 Å². The van der Waals surface area contributed by atoms with E-state index in [2.05, 4.69) is 22.5 Å². The number of rotatable bonds is 5. The minimum atomic E-state index is -1.33. The van der Waals surface area contributed by atoms with E-state index >= 15 is 0 Å². The lowest BCUT2D eigenvalue weighted by molar-refractivity contribution is -0.161. The number of likely N-dealkylation sites (tertiary alicyclic amines) is 1. The number of fused-ring (bicyclic) bond motifs is 1. The number of carboxylic acids is 1. The smallest absolute Gasteiger partial charge is 0.330 e. The van der Waals surface area contributed by atoms with Gasteiger partial charge >= 0.3 is 5.97 Å². The number of hydrogen-bond donors (Lipinski definition) is 1. The van der Waals surface area contributed by atoms with Crippen LogP contribution in [0.15, 0.2) is 36.4 Å². The molecule has 25 heavy (non-hydrogen) atoms. The molecule has 3 amide bonds. The van der Waals surface area contributed by atoms with Crippen LogP contribution in [-0.2, 0) is 9.59 Å². The first kappa shape index (κ1) is 17.6. The predicted molar refractivity (Wildman–Crippen MR) is 91.6 cm³/mol. The summed E-state index contributed by atoms with van der Waals surface area (Å²) in [4.78, 5) is 50.7. The highest BCUT2D eigenvalue weighted by molar-refractivity contribution is 9.09. The van der Waals surface area contributed by atoms with Crippen molar-refractivity contribution in [3.63, 3.8) is 0 Å². The molecule has 0 spiro atoms. The Balaban J connectivity index is 1.89. The second-order valence-corrected chi connectivity index (χ2v) is 6.63. The minimum absolute atomic E-state index is 0.162. The molecule has 1 aromatic carbocycles. The van der Waals surface area contributed by atoms with Crippen molar-refractivity contribution in [1.82, 2.24) is 9.80 Å². The van der Waals surface area contributed by atoms with Crippen molar-refractivity contribution in [1.29, 1.82) is 0 Å². The third-order valence-electron chi connectivity index (χ3n) is 4.21. The summed E-state index contributed by atoms with van der Waals surface area (Å²) in [6.07, 6.45) is 0. The third kappa shape index (κ3) is 2.47. The van der Waals surface area contributed by atoms with Gasteiger partial charge in [-0.2, -0.15) is 0 Å². The van der Waals surface area contributed by atoms with E-state index in [1.807, 2.05) is 0 Å². The first-order valence-electron chi connectivity index (χ1n) is 7.20. The summed E-state index contributed by atoms with van der Waals surface area (Å²) < 4.78 is 0. The van der Waals surface area contributed by atoms with Gasteiger partial charge in [0.05, 0.1) is 11.1 Å². The molecular formula is C16H12BrClN2O5. The quantitative estimate of drug-likeness (QED) is 0.252. The van der Waals surface area contributed by atoms with Gasteiger partial charge in [-0.1, -0.05) is 46.2 Å². The van der Waals surface area contributed by atoms with Gasteiger partial charge in [-0.3, -0.25) is 19.3 Å². The van der Waals surface area contributed by atoms with Gasteiger partial charge in [0.25, 0.3) is 17.7 Å². The molecule has 3 atom stereocenters. The molecule has 1 fully saturated rings. The second kappa shape index (κ2) is 6.27. The molecule has 3 rings (SSSR count). The summed E-state index contributed by atoms with van der Waals surface area (Å²) in [5.41, 5.74) is -0.525. The van der Waals surface area contributed by atoms with Crippen LogP contribution in [0.4, 0.5) is 0 Å². The Kier molecular flexibility index (Phi) is 4.42. The number of benzene rings is 1. The summed E-state index contributed by atoms with van der Waals surface area (Å²) in [6.45, 7) is 3.62. The lowest BCUT2D eigenvalue weighted by Gasteiger charge is -2.48. The van der Waals surface area contributed by atoms with E-state index in [4.69, 9.17) is 11.6 Å². The van der Waals surface area contributed by atoms with Crippen molar-refractivity contribution in [3.8, 4) is 0 Å². The van der Waals surface area contributed by atoms with Crippen molar-refractivity contribution in [2.45, 2.75) is 17.6 Å². The van der Waals surface area contributed by atoms with Crippen LogP contribution in [0.1, 0.15) is 20.7 Å². The number of β-lactam (4-membered cyclic amide) rings is 1. The van der Waals surface area contributed by atoms with Crippen LogP contribution >= 0.6 is 27.5 Å². The van der Waals surface area contributed by atoms with Gasteiger partial charge in [-0.15, -0.1) is 0 Å². The first-order chi connectivity index (χ1) is 11.8. The van der Waals surface area contributed by atoms with E-state index in [1.165, 1.54) is 12.1 Å². The molecule has 2 aliphatic heterocycles. The average Bonchev–Trinajstić information content (AvgIpc) is 2.84.